The first kappa shape index (κ1) is 28.3. The number of hydrogen-bond donors (Lipinski definition) is 1. The Morgan fingerprint density at radius 1 is 0.417 bits per heavy atom. The van der Waals surface area contributed by atoms with Gasteiger partial charge in [0.05, 0.1) is 6.61 Å². The average molecular weight is 647 g/mol. The molecule has 0 aliphatic carbocycles. The topological polar surface area (TPSA) is 20.2 Å². The maximum atomic E-state index is 9.23. The molecule has 0 saturated carbocycles. The van der Waals surface area contributed by atoms with Gasteiger partial charge in [0.1, 0.15) is 0 Å². The van der Waals surface area contributed by atoms with E-state index in [0.29, 0.717) is 0 Å². The minimum Gasteiger partial charge on any atom is -0.393 e. The molecule has 0 saturated heterocycles. The van der Waals surface area contributed by atoms with Crippen molar-refractivity contribution in [2.45, 2.75) is 29.8 Å². The number of halogens is 15. The molecule has 0 aliphatic rings. The van der Waals surface area contributed by atoms with E-state index in [1.165, 1.54) is 0 Å². The standard InChI is InChI=1S/C8H3Cl15O/c9-2(10,1-24)3(11,12)4(13,14)5(15,16)6(17,18)7(19,20)8(21,22)23/h24H,1H2. The van der Waals surface area contributed by atoms with Gasteiger partial charge in [-0.05, 0) is 0 Å². The van der Waals surface area contributed by atoms with Crippen molar-refractivity contribution in [3.05, 3.63) is 0 Å². The highest BCUT2D eigenvalue weighted by Crippen LogP contribution is 2.70. The molecular weight excluding hydrogens is 644 g/mol. The van der Waals surface area contributed by atoms with Crippen LogP contribution in [-0.2, 0) is 0 Å². The second-order valence-electron chi connectivity index (χ2n) is 4.23. The van der Waals surface area contributed by atoms with Crippen molar-refractivity contribution >= 4 is 174 Å². The normalized spacial score (nSPS) is 16.5. The Balaban J connectivity index is 6.42. The predicted molar refractivity (Wildman–Crippen MR) is 114 cm³/mol. The molecule has 0 aromatic carbocycles. The zero-order valence-corrected chi connectivity index (χ0v) is 21.7. The molecule has 0 rings (SSSR count). The van der Waals surface area contributed by atoms with Crippen LogP contribution in [0.5, 0.6) is 0 Å². The lowest BCUT2D eigenvalue weighted by atomic mass is 10.1. The third-order valence-corrected chi connectivity index (χ3v) is 12.5. The second-order valence-corrected chi connectivity index (χ2v) is 14.6. The molecule has 1 N–H and O–H groups in total. The Morgan fingerprint density at radius 2 is 0.667 bits per heavy atom. The minimum atomic E-state index is -2.88. The molecule has 0 spiro atoms. The fourth-order valence-electron chi connectivity index (χ4n) is 1.10. The molecule has 0 aromatic heterocycles. The lowest BCUT2D eigenvalue weighted by Gasteiger charge is -2.52. The van der Waals surface area contributed by atoms with Crippen LogP contribution >= 0.6 is 174 Å². The fraction of sp³-hybridized carbons (Fsp3) is 1.00. The van der Waals surface area contributed by atoms with Gasteiger partial charge in [-0.15, -0.1) is 0 Å². The van der Waals surface area contributed by atoms with E-state index in [2.05, 4.69) is 0 Å². The molecular formula is C8H3Cl15O. The Bertz CT molecular complexity index is 461. The molecule has 0 atom stereocenters. The molecule has 0 aromatic rings. The Hall–Kier alpha value is 4.31. The lowest BCUT2D eigenvalue weighted by molar-refractivity contribution is 0.262. The monoisotopic (exact) mass is 640 g/mol. The summed E-state index contributed by atoms with van der Waals surface area (Å²) in [6.07, 6.45) is 0. The summed E-state index contributed by atoms with van der Waals surface area (Å²) < 4.78 is -18.9. The summed E-state index contributed by atoms with van der Waals surface area (Å²) in [6, 6.07) is 0. The molecule has 1 nitrogen and oxygen atoms in total. The summed E-state index contributed by atoms with van der Waals surface area (Å²) in [7, 11) is 0. The van der Waals surface area contributed by atoms with E-state index in [0.717, 1.165) is 0 Å². The van der Waals surface area contributed by atoms with Gasteiger partial charge < -0.3 is 5.11 Å². The number of rotatable bonds is 6. The third kappa shape index (κ3) is 4.48. The zero-order valence-electron chi connectivity index (χ0n) is 10.3. The van der Waals surface area contributed by atoms with E-state index in [1.807, 2.05) is 0 Å². The van der Waals surface area contributed by atoms with Gasteiger partial charge >= 0.3 is 0 Å². The maximum Gasteiger partial charge on any atom is 0.226 e. The number of hydrogen-bond acceptors (Lipinski definition) is 1. The first-order valence-electron chi connectivity index (χ1n) is 5.00. The van der Waals surface area contributed by atoms with E-state index >= 15 is 0 Å². The van der Waals surface area contributed by atoms with E-state index < -0.39 is 36.4 Å². The Labute approximate surface area is 213 Å². The van der Waals surface area contributed by atoms with Crippen LogP contribution in [0.1, 0.15) is 0 Å². The summed E-state index contributed by atoms with van der Waals surface area (Å²) in [4.78, 5) is 0. The molecule has 0 amide bonds. The van der Waals surface area contributed by atoms with E-state index in [-0.39, 0.29) is 0 Å². The summed E-state index contributed by atoms with van der Waals surface area (Å²) in [5.41, 5.74) is 0. The molecule has 0 aliphatic heterocycles. The first-order chi connectivity index (χ1) is 10.1. The SMILES string of the molecule is OCC(Cl)(Cl)C(Cl)(Cl)C(Cl)(Cl)C(Cl)(Cl)C(Cl)(Cl)C(Cl)(Cl)C(Cl)(Cl)Cl. The van der Waals surface area contributed by atoms with Crippen molar-refractivity contribution in [3.63, 3.8) is 0 Å². The third-order valence-electron chi connectivity index (χ3n) is 2.59. The highest BCUT2D eigenvalue weighted by Gasteiger charge is 2.79. The van der Waals surface area contributed by atoms with E-state index in [4.69, 9.17) is 174 Å². The molecule has 0 unspecified atom stereocenters. The van der Waals surface area contributed by atoms with Gasteiger partial charge in [0.15, 0.2) is 21.7 Å². The molecule has 0 heterocycles. The summed E-state index contributed by atoms with van der Waals surface area (Å²) in [5, 5.41) is 9.23. The van der Waals surface area contributed by atoms with Crippen LogP contribution in [0.4, 0.5) is 0 Å². The van der Waals surface area contributed by atoms with Crippen molar-refractivity contribution < 1.29 is 5.11 Å². The van der Waals surface area contributed by atoms with Gasteiger partial charge in [0, 0.05) is 0 Å². The number of aliphatic hydroxyl groups is 1. The second kappa shape index (κ2) is 8.45. The van der Waals surface area contributed by atoms with Crippen molar-refractivity contribution in [2.24, 2.45) is 0 Å². The van der Waals surface area contributed by atoms with Gasteiger partial charge in [-0.2, -0.15) is 0 Å². The van der Waals surface area contributed by atoms with Gasteiger partial charge in [-0.25, -0.2) is 0 Å². The van der Waals surface area contributed by atoms with Gasteiger partial charge in [-0.1, -0.05) is 174 Å². The Kier molecular flexibility index (Phi) is 9.96. The van der Waals surface area contributed by atoms with Crippen LogP contribution in [0.2, 0.25) is 0 Å². The smallest absolute Gasteiger partial charge is 0.226 e. The average Bonchev–Trinajstić information content (AvgIpc) is 2.36. The van der Waals surface area contributed by atoms with Crippen LogP contribution in [0.3, 0.4) is 0 Å². The van der Waals surface area contributed by atoms with Crippen molar-refractivity contribution in [3.8, 4) is 0 Å². The zero-order chi connectivity index (χ0) is 20.2. The van der Waals surface area contributed by atoms with Crippen LogP contribution in [-0.4, -0.2) is 41.5 Å². The summed E-state index contributed by atoms with van der Waals surface area (Å²) in [5.74, 6) is 0. The largest absolute Gasteiger partial charge is 0.393 e. The van der Waals surface area contributed by atoms with Crippen LogP contribution in [0, 0.1) is 0 Å². The molecule has 0 radical (unpaired) electrons. The maximum absolute atomic E-state index is 9.23. The van der Waals surface area contributed by atoms with Gasteiger partial charge in [-0.3, -0.25) is 0 Å². The predicted octanol–water partition coefficient (Wildman–Crippen LogP) is 8.39. The molecule has 0 bridgehead atoms. The molecule has 0 fully saturated rings. The van der Waals surface area contributed by atoms with Crippen molar-refractivity contribution in [1.29, 1.82) is 0 Å². The van der Waals surface area contributed by atoms with E-state index in [9.17, 15) is 5.11 Å². The summed E-state index contributed by atoms with van der Waals surface area (Å²) in [6.45, 7) is -1.04. The molecule has 16 heteroatoms. The Morgan fingerprint density at radius 3 is 0.917 bits per heavy atom. The highest BCUT2D eigenvalue weighted by atomic mass is 35.6. The summed E-state index contributed by atoms with van der Waals surface area (Å²) >= 11 is 88.6. The van der Waals surface area contributed by atoms with Gasteiger partial charge in [0.25, 0.3) is 0 Å². The number of alkyl halides is 15. The van der Waals surface area contributed by atoms with Crippen LogP contribution in [0.15, 0.2) is 0 Å². The van der Waals surface area contributed by atoms with Crippen LogP contribution < -0.4 is 0 Å². The quantitative estimate of drug-likeness (QED) is 0.288. The van der Waals surface area contributed by atoms with Crippen molar-refractivity contribution in [2.75, 3.05) is 6.61 Å². The van der Waals surface area contributed by atoms with Crippen LogP contribution in [0.25, 0.3) is 0 Å². The fourth-order valence-corrected chi connectivity index (χ4v) is 5.30. The first-order valence-corrected chi connectivity index (χ1v) is 10.7. The van der Waals surface area contributed by atoms with E-state index in [1.54, 1.807) is 0 Å². The molecule has 24 heavy (non-hydrogen) atoms. The van der Waals surface area contributed by atoms with Crippen molar-refractivity contribution in [1.82, 2.24) is 0 Å². The number of aliphatic hydroxyl groups excluding tert-OH is 1. The minimum absolute atomic E-state index is 1.04. The highest BCUT2D eigenvalue weighted by molar-refractivity contribution is 6.82. The van der Waals surface area contributed by atoms with Gasteiger partial charge in [0.2, 0.25) is 8.13 Å². The molecule has 146 valence electrons. The lowest BCUT2D eigenvalue weighted by Crippen LogP contribution is -2.68.